The highest BCUT2D eigenvalue weighted by Crippen LogP contribution is 2.30. The maximum atomic E-state index is 10.8. The van der Waals surface area contributed by atoms with Crippen LogP contribution in [0.25, 0.3) is 0 Å². The van der Waals surface area contributed by atoms with Crippen molar-refractivity contribution in [2.75, 3.05) is 6.61 Å². The average Bonchev–Trinajstić information content (AvgIpc) is 2.57. The monoisotopic (exact) mass is 203 g/mol. The van der Waals surface area contributed by atoms with Crippen LogP contribution < -0.4 is 5.32 Å². The van der Waals surface area contributed by atoms with E-state index in [2.05, 4.69) is 5.32 Å². The lowest BCUT2D eigenvalue weighted by molar-refractivity contribution is -0.133. The topological polar surface area (TPSA) is 88.0 Å². The minimum atomic E-state index is -1.11. The number of ether oxygens (including phenoxy) is 2. The van der Waals surface area contributed by atoms with Crippen molar-refractivity contribution in [2.45, 2.75) is 37.6 Å². The molecule has 0 aromatic heterocycles. The molecule has 6 heteroatoms. The summed E-state index contributed by atoms with van der Waals surface area (Å²) >= 11 is 0. The predicted octanol–water partition coefficient (Wildman–Crippen LogP) is -2.03. The van der Waals surface area contributed by atoms with E-state index in [1.54, 1.807) is 0 Å². The molecule has 0 unspecified atom stereocenters. The zero-order valence-electron chi connectivity index (χ0n) is 7.71. The summed E-state index contributed by atoms with van der Waals surface area (Å²) in [4.78, 5) is 10.8. The van der Waals surface area contributed by atoms with E-state index in [4.69, 9.17) is 9.47 Å². The molecule has 2 fully saturated rings. The van der Waals surface area contributed by atoms with Crippen molar-refractivity contribution in [3.8, 4) is 0 Å². The van der Waals surface area contributed by atoms with Crippen molar-refractivity contribution in [1.82, 2.24) is 5.32 Å². The molecular weight excluding hydrogens is 190 g/mol. The standard InChI is InChI=1S/C8H13NO5/c1-3(10)9-5-7-6(14-8(5)12)4(11)2-13-7/h4-8,11-12H,2H2,1H3,(H,9,10)/t4-,5+,6-,7-,8+/m1/s1. The van der Waals surface area contributed by atoms with Gasteiger partial charge < -0.3 is 25.0 Å². The summed E-state index contributed by atoms with van der Waals surface area (Å²) in [6.45, 7) is 1.53. The normalized spacial score (nSPS) is 46.4. The highest BCUT2D eigenvalue weighted by molar-refractivity contribution is 5.73. The van der Waals surface area contributed by atoms with Crippen molar-refractivity contribution in [3.05, 3.63) is 0 Å². The number of aliphatic hydroxyl groups excluding tert-OH is 2. The second-order valence-electron chi connectivity index (χ2n) is 3.58. The van der Waals surface area contributed by atoms with E-state index in [0.717, 1.165) is 0 Å². The van der Waals surface area contributed by atoms with E-state index in [9.17, 15) is 15.0 Å². The predicted molar refractivity (Wildman–Crippen MR) is 44.2 cm³/mol. The minimum Gasteiger partial charge on any atom is -0.388 e. The lowest BCUT2D eigenvalue weighted by Crippen LogP contribution is -2.46. The van der Waals surface area contributed by atoms with Gasteiger partial charge in [0.25, 0.3) is 0 Å². The van der Waals surface area contributed by atoms with Gasteiger partial charge in [-0.15, -0.1) is 0 Å². The highest BCUT2D eigenvalue weighted by atomic mass is 16.7. The third-order valence-corrected chi connectivity index (χ3v) is 2.49. The number of carbonyl (C=O) groups excluding carboxylic acids is 1. The van der Waals surface area contributed by atoms with Crippen LogP contribution >= 0.6 is 0 Å². The summed E-state index contributed by atoms with van der Waals surface area (Å²) in [7, 11) is 0. The van der Waals surface area contributed by atoms with Crippen molar-refractivity contribution in [1.29, 1.82) is 0 Å². The Morgan fingerprint density at radius 2 is 2.14 bits per heavy atom. The molecule has 2 rings (SSSR count). The first-order chi connectivity index (χ1) is 6.59. The third kappa shape index (κ3) is 1.50. The lowest BCUT2D eigenvalue weighted by Gasteiger charge is -2.18. The fourth-order valence-corrected chi connectivity index (χ4v) is 1.89. The number of hydrogen-bond acceptors (Lipinski definition) is 5. The van der Waals surface area contributed by atoms with E-state index in [1.165, 1.54) is 6.92 Å². The first-order valence-electron chi connectivity index (χ1n) is 4.50. The molecule has 14 heavy (non-hydrogen) atoms. The Morgan fingerprint density at radius 3 is 2.79 bits per heavy atom. The van der Waals surface area contributed by atoms with Gasteiger partial charge in [0, 0.05) is 6.92 Å². The van der Waals surface area contributed by atoms with Crippen molar-refractivity contribution in [2.24, 2.45) is 0 Å². The first kappa shape index (κ1) is 9.85. The number of amides is 1. The molecule has 2 heterocycles. The average molecular weight is 203 g/mol. The molecule has 2 aliphatic heterocycles. The highest BCUT2D eigenvalue weighted by Gasteiger charge is 2.52. The van der Waals surface area contributed by atoms with Crippen LogP contribution in [-0.2, 0) is 14.3 Å². The number of nitrogens with one attached hydrogen (secondary N) is 1. The smallest absolute Gasteiger partial charge is 0.217 e. The Balaban J connectivity index is 2.07. The van der Waals surface area contributed by atoms with Gasteiger partial charge >= 0.3 is 0 Å². The van der Waals surface area contributed by atoms with Gasteiger partial charge in [-0.25, -0.2) is 0 Å². The molecule has 5 atom stereocenters. The quantitative estimate of drug-likeness (QED) is 0.457. The van der Waals surface area contributed by atoms with Gasteiger partial charge in [0.2, 0.25) is 5.91 Å². The number of carbonyl (C=O) groups is 1. The zero-order chi connectivity index (χ0) is 10.3. The van der Waals surface area contributed by atoms with Crippen LogP contribution in [0.2, 0.25) is 0 Å². The Hall–Kier alpha value is -0.690. The number of rotatable bonds is 1. The third-order valence-electron chi connectivity index (χ3n) is 2.49. The van der Waals surface area contributed by atoms with E-state index >= 15 is 0 Å². The molecule has 0 spiro atoms. The summed E-state index contributed by atoms with van der Waals surface area (Å²) in [5.74, 6) is -0.261. The molecule has 0 aliphatic carbocycles. The summed E-state index contributed by atoms with van der Waals surface area (Å²) in [5.41, 5.74) is 0. The Labute approximate surface area is 80.8 Å². The zero-order valence-corrected chi connectivity index (χ0v) is 7.71. The first-order valence-corrected chi connectivity index (χ1v) is 4.50. The van der Waals surface area contributed by atoms with Gasteiger partial charge in [0.15, 0.2) is 6.29 Å². The molecule has 2 saturated heterocycles. The van der Waals surface area contributed by atoms with E-state index in [-0.39, 0.29) is 12.5 Å². The molecule has 1 amide bonds. The van der Waals surface area contributed by atoms with Crippen LogP contribution in [0.3, 0.4) is 0 Å². The van der Waals surface area contributed by atoms with E-state index in [0.29, 0.717) is 0 Å². The van der Waals surface area contributed by atoms with E-state index in [1.807, 2.05) is 0 Å². The molecule has 0 saturated carbocycles. The molecular formula is C8H13NO5. The Kier molecular flexibility index (Phi) is 2.44. The molecule has 80 valence electrons. The molecule has 0 aromatic rings. The fourth-order valence-electron chi connectivity index (χ4n) is 1.89. The number of hydrogen-bond donors (Lipinski definition) is 3. The van der Waals surface area contributed by atoms with Crippen LogP contribution in [-0.4, -0.2) is 53.4 Å². The molecule has 0 radical (unpaired) electrons. The van der Waals surface area contributed by atoms with Gasteiger partial charge in [-0.05, 0) is 0 Å². The number of fused-ring (bicyclic) bond motifs is 1. The van der Waals surface area contributed by atoms with Crippen molar-refractivity contribution < 1.29 is 24.5 Å². The van der Waals surface area contributed by atoms with Crippen LogP contribution in [0.15, 0.2) is 0 Å². The minimum absolute atomic E-state index is 0.179. The Morgan fingerprint density at radius 1 is 1.43 bits per heavy atom. The van der Waals surface area contributed by atoms with Crippen LogP contribution in [0.5, 0.6) is 0 Å². The molecule has 0 bridgehead atoms. The molecule has 3 N–H and O–H groups in total. The molecule has 0 aromatic carbocycles. The lowest BCUT2D eigenvalue weighted by atomic mass is 10.1. The summed E-state index contributed by atoms with van der Waals surface area (Å²) in [5, 5.41) is 21.4. The summed E-state index contributed by atoms with van der Waals surface area (Å²) < 4.78 is 10.3. The molecule has 6 nitrogen and oxygen atoms in total. The summed E-state index contributed by atoms with van der Waals surface area (Å²) in [6.07, 6.45) is -2.83. The largest absolute Gasteiger partial charge is 0.388 e. The SMILES string of the molecule is CC(=O)N[C@H]1[C@H]2OC[C@@H](O)[C@H]2O[C@@H]1O. The second kappa shape index (κ2) is 3.47. The van der Waals surface area contributed by atoms with Gasteiger partial charge in [0.05, 0.1) is 6.61 Å². The van der Waals surface area contributed by atoms with Gasteiger partial charge in [0.1, 0.15) is 24.4 Å². The van der Waals surface area contributed by atoms with E-state index < -0.39 is 30.6 Å². The Bertz CT molecular complexity index is 246. The number of aliphatic hydroxyl groups is 2. The maximum absolute atomic E-state index is 10.8. The van der Waals surface area contributed by atoms with Crippen molar-refractivity contribution in [3.63, 3.8) is 0 Å². The molecule has 2 aliphatic rings. The van der Waals surface area contributed by atoms with Crippen molar-refractivity contribution >= 4 is 5.91 Å². The van der Waals surface area contributed by atoms with Gasteiger partial charge in [-0.1, -0.05) is 0 Å². The van der Waals surface area contributed by atoms with Gasteiger partial charge in [-0.3, -0.25) is 4.79 Å². The second-order valence-corrected chi connectivity index (χ2v) is 3.58. The van der Waals surface area contributed by atoms with Gasteiger partial charge in [-0.2, -0.15) is 0 Å². The summed E-state index contributed by atoms with van der Waals surface area (Å²) in [6, 6.07) is -0.588. The fraction of sp³-hybridized carbons (Fsp3) is 0.875. The van der Waals surface area contributed by atoms with Crippen LogP contribution in [0.1, 0.15) is 6.92 Å². The van der Waals surface area contributed by atoms with Crippen LogP contribution in [0.4, 0.5) is 0 Å². The maximum Gasteiger partial charge on any atom is 0.217 e. The van der Waals surface area contributed by atoms with Crippen LogP contribution in [0, 0.1) is 0 Å².